The number of ether oxygens (including phenoxy) is 1. The normalized spacial score (nSPS) is 22.2. The smallest absolute Gasteiger partial charge is 0.370 e. The third-order valence-electron chi connectivity index (χ3n) is 8.08. The fourth-order valence-electron chi connectivity index (χ4n) is 5.62. The highest BCUT2D eigenvalue weighted by Crippen LogP contribution is 2.39. The molecule has 0 spiro atoms. The Morgan fingerprint density at radius 2 is 1.46 bits per heavy atom. The number of hydrogen-bond acceptors (Lipinski definition) is 4. The molecule has 2 aliphatic rings. The Labute approximate surface area is 237 Å². The Morgan fingerprint density at radius 3 is 2.00 bits per heavy atom. The van der Waals surface area contributed by atoms with E-state index in [0.29, 0.717) is 32.1 Å². The van der Waals surface area contributed by atoms with Crippen molar-refractivity contribution in [3.05, 3.63) is 70.8 Å². The monoisotopic (exact) mass is 585 g/mol. The van der Waals surface area contributed by atoms with Gasteiger partial charge in [-0.2, -0.15) is 26.3 Å². The van der Waals surface area contributed by atoms with Crippen LogP contribution in [0.4, 0.5) is 26.3 Å². The zero-order valence-corrected chi connectivity index (χ0v) is 23.5. The summed E-state index contributed by atoms with van der Waals surface area (Å²) >= 11 is 0. The van der Waals surface area contributed by atoms with Gasteiger partial charge in [0.15, 0.2) is 0 Å². The molecule has 2 fully saturated rings. The first kappa shape index (κ1) is 31.3. The van der Waals surface area contributed by atoms with Crippen molar-refractivity contribution in [1.29, 1.82) is 0 Å². The largest absolute Gasteiger partial charge is 0.416 e. The topological polar surface area (TPSA) is 36.0 Å². The van der Waals surface area contributed by atoms with Crippen molar-refractivity contribution < 1.29 is 35.9 Å². The first-order chi connectivity index (χ1) is 19.2. The Balaban J connectivity index is 1.49. The van der Waals surface area contributed by atoms with Gasteiger partial charge in [0.05, 0.1) is 29.9 Å². The van der Waals surface area contributed by atoms with Crippen LogP contribution < -0.4 is 0 Å². The molecule has 41 heavy (non-hydrogen) atoms. The molecule has 0 aromatic heterocycles. The van der Waals surface area contributed by atoms with Crippen LogP contribution >= 0.6 is 0 Å². The molecule has 0 saturated carbocycles. The van der Waals surface area contributed by atoms with Crippen LogP contribution in [0.25, 0.3) is 0 Å². The zero-order valence-electron chi connectivity index (χ0n) is 23.5. The van der Waals surface area contributed by atoms with Gasteiger partial charge in [0.25, 0.3) is 0 Å². The number of alkyl halides is 6. The molecule has 2 unspecified atom stereocenters. The maximum atomic E-state index is 13.4. The molecule has 2 aliphatic heterocycles. The first-order valence-electron chi connectivity index (χ1n) is 14.0. The van der Waals surface area contributed by atoms with Crippen molar-refractivity contribution in [2.45, 2.75) is 63.7 Å². The van der Waals surface area contributed by atoms with Crippen LogP contribution in [0.2, 0.25) is 0 Å². The lowest BCUT2D eigenvalue weighted by Gasteiger charge is -2.41. The highest BCUT2D eigenvalue weighted by atomic mass is 19.4. The van der Waals surface area contributed by atoms with Crippen LogP contribution in [0, 0.1) is 0 Å². The summed E-state index contributed by atoms with van der Waals surface area (Å²) in [5.41, 5.74) is -2.04. The minimum Gasteiger partial charge on any atom is -0.370 e. The summed E-state index contributed by atoms with van der Waals surface area (Å²) < 4.78 is 86.8. The number of rotatable bonds is 7. The Bertz CT molecular complexity index is 1130. The van der Waals surface area contributed by atoms with E-state index >= 15 is 0 Å². The van der Waals surface area contributed by atoms with Crippen LogP contribution in [0.5, 0.6) is 0 Å². The maximum Gasteiger partial charge on any atom is 0.416 e. The summed E-state index contributed by atoms with van der Waals surface area (Å²) in [5.74, 6) is -0.287. The van der Waals surface area contributed by atoms with Gasteiger partial charge in [0.2, 0.25) is 5.91 Å². The lowest BCUT2D eigenvalue weighted by atomic mass is 9.87. The Kier molecular flexibility index (Phi) is 9.70. The van der Waals surface area contributed by atoms with Gasteiger partial charge in [0.1, 0.15) is 0 Å². The van der Waals surface area contributed by atoms with Crippen molar-refractivity contribution in [3.63, 3.8) is 0 Å². The predicted octanol–water partition coefficient (Wildman–Crippen LogP) is 6.21. The molecule has 1 amide bonds. The van der Waals surface area contributed by atoms with E-state index in [2.05, 4.69) is 23.6 Å². The van der Waals surface area contributed by atoms with Crippen molar-refractivity contribution >= 4 is 5.91 Å². The summed E-state index contributed by atoms with van der Waals surface area (Å²) in [4.78, 5) is 19.6. The molecular formula is C30H37F6N3O2. The van der Waals surface area contributed by atoms with Crippen molar-refractivity contribution in [2.24, 2.45) is 0 Å². The average Bonchev–Trinajstić information content (AvgIpc) is 2.92. The van der Waals surface area contributed by atoms with Crippen LogP contribution in [0.3, 0.4) is 0 Å². The number of piperazine rings is 1. The van der Waals surface area contributed by atoms with E-state index in [9.17, 15) is 31.1 Å². The van der Waals surface area contributed by atoms with E-state index in [0.717, 1.165) is 43.9 Å². The molecule has 3 atom stereocenters. The molecule has 2 aromatic carbocycles. The fraction of sp³-hybridized carbons (Fsp3) is 0.567. The number of benzene rings is 2. The SMILES string of the molecule is CC(C)N1CCN(CC(=O)N2CCC(O[C@H](C)c3cc(C(F)(F)F)cc(C(F)(F)F)c3)C(c3ccccc3)C2)CC1. The van der Waals surface area contributed by atoms with Crippen molar-refractivity contribution in [2.75, 3.05) is 45.8 Å². The molecule has 0 radical (unpaired) electrons. The fourth-order valence-corrected chi connectivity index (χ4v) is 5.62. The standard InChI is InChI=1S/C30H37F6N3O2/c1-20(2)38-13-11-37(12-14-38)19-28(40)39-10-9-27(26(18-39)22-7-5-4-6-8-22)41-21(3)23-15-24(29(31,32)33)17-25(16-23)30(34,35)36/h4-8,15-17,20-21,26-27H,9-14,18-19H2,1-3H3/t21-,26?,27?/m1/s1. The molecule has 0 aliphatic carbocycles. The van der Waals surface area contributed by atoms with E-state index in [4.69, 9.17) is 4.74 Å². The third-order valence-corrected chi connectivity index (χ3v) is 8.08. The highest BCUT2D eigenvalue weighted by molar-refractivity contribution is 5.78. The average molecular weight is 586 g/mol. The summed E-state index contributed by atoms with van der Waals surface area (Å²) in [6.07, 6.45) is -11.0. The van der Waals surface area contributed by atoms with Gasteiger partial charge < -0.3 is 9.64 Å². The second kappa shape index (κ2) is 12.7. The molecule has 2 saturated heterocycles. The minimum absolute atomic E-state index is 0.00289. The van der Waals surface area contributed by atoms with Crippen LogP contribution in [0.15, 0.2) is 48.5 Å². The Hall–Kier alpha value is -2.63. The molecular weight excluding hydrogens is 548 g/mol. The zero-order chi connectivity index (χ0) is 29.9. The molecule has 4 rings (SSSR count). The highest BCUT2D eigenvalue weighted by Gasteiger charge is 2.39. The number of hydrogen-bond donors (Lipinski definition) is 0. The summed E-state index contributed by atoms with van der Waals surface area (Å²) in [5, 5.41) is 0. The van der Waals surface area contributed by atoms with Gasteiger partial charge in [-0.05, 0) is 56.5 Å². The van der Waals surface area contributed by atoms with Gasteiger partial charge in [0, 0.05) is 51.2 Å². The van der Waals surface area contributed by atoms with Gasteiger partial charge >= 0.3 is 12.4 Å². The predicted molar refractivity (Wildman–Crippen MR) is 143 cm³/mol. The second-order valence-corrected chi connectivity index (χ2v) is 11.2. The lowest BCUT2D eigenvalue weighted by molar-refractivity contribution is -0.143. The maximum absolute atomic E-state index is 13.4. The van der Waals surface area contributed by atoms with Gasteiger partial charge in [-0.15, -0.1) is 0 Å². The van der Waals surface area contributed by atoms with E-state index in [1.54, 1.807) is 4.90 Å². The number of likely N-dealkylation sites (tertiary alicyclic amines) is 1. The summed E-state index contributed by atoms with van der Waals surface area (Å²) in [6.45, 7) is 10.2. The molecule has 11 heteroatoms. The first-order valence-corrected chi connectivity index (χ1v) is 14.0. The van der Waals surface area contributed by atoms with E-state index < -0.39 is 35.7 Å². The van der Waals surface area contributed by atoms with Crippen molar-refractivity contribution in [1.82, 2.24) is 14.7 Å². The summed E-state index contributed by atoms with van der Waals surface area (Å²) in [6, 6.07) is 11.4. The molecule has 0 N–H and O–H groups in total. The number of nitrogens with zero attached hydrogens (tertiary/aromatic N) is 3. The van der Waals surface area contributed by atoms with Crippen molar-refractivity contribution in [3.8, 4) is 0 Å². The number of piperidine rings is 1. The quantitative estimate of drug-likeness (QED) is 0.362. The van der Waals surface area contributed by atoms with Gasteiger partial charge in [-0.25, -0.2) is 0 Å². The van der Waals surface area contributed by atoms with E-state index in [1.165, 1.54) is 6.92 Å². The van der Waals surface area contributed by atoms with Crippen LogP contribution in [-0.4, -0.2) is 78.6 Å². The number of halogens is 6. The molecule has 2 aromatic rings. The summed E-state index contributed by atoms with van der Waals surface area (Å²) in [7, 11) is 0. The molecule has 2 heterocycles. The number of carbonyl (C=O) groups is 1. The molecule has 0 bridgehead atoms. The second-order valence-electron chi connectivity index (χ2n) is 11.2. The molecule has 226 valence electrons. The van der Waals surface area contributed by atoms with Gasteiger partial charge in [-0.1, -0.05) is 30.3 Å². The minimum atomic E-state index is -4.94. The lowest BCUT2D eigenvalue weighted by Crippen LogP contribution is -2.53. The number of amides is 1. The van der Waals surface area contributed by atoms with Crippen LogP contribution in [-0.2, 0) is 21.9 Å². The van der Waals surface area contributed by atoms with Gasteiger partial charge in [-0.3, -0.25) is 14.6 Å². The van der Waals surface area contributed by atoms with E-state index in [-0.39, 0.29) is 23.5 Å². The Morgan fingerprint density at radius 1 is 0.878 bits per heavy atom. The van der Waals surface area contributed by atoms with E-state index in [1.807, 2.05) is 30.3 Å². The third kappa shape index (κ3) is 8.02. The number of carbonyl (C=O) groups excluding carboxylic acids is 1. The van der Waals surface area contributed by atoms with Crippen LogP contribution in [0.1, 0.15) is 61.5 Å². The molecule has 5 nitrogen and oxygen atoms in total.